The number of rotatable bonds is 3. The first-order valence-electron chi connectivity index (χ1n) is 7.77. The topological polar surface area (TPSA) is 77.6 Å². The lowest BCUT2D eigenvalue weighted by atomic mass is 9.86. The number of anilines is 1. The molecule has 8 heteroatoms. The highest BCUT2D eigenvalue weighted by molar-refractivity contribution is 7.98. The number of nitrogens with one attached hydrogen (secondary N) is 1. The molecule has 0 saturated heterocycles. The van der Waals surface area contributed by atoms with Crippen molar-refractivity contribution in [3.05, 3.63) is 29.2 Å². The molecule has 1 atom stereocenters. The SMILES string of the molecule is CCn1cc(C2C3=C(CCCC3=O)Nc3nc(SC)nn32)cn1. The van der Waals surface area contributed by atoms with Crippen molar-refractivity contribution in [2.45, 2.75) is 43.9 Å². The van der Waals surface area contributed by atoms with Crippen LogP contribution in [0.1, 0.15) is 37.8 Å². The van der Waals surface area contributed by atoms with Crippen LogP contribution in [0.15, 0.2) is 28.8 Å². The first kappa shape index (κ1) is 14.5. The van der Waals surface area contributed by atoms with E-state index in [9.17, 15) is 4.79 Å². The summed E-state index contributed by atoms with van der Waals surface area (Å²) in [5.41, 5.74) is 2.79. The Kier molecular flexibility index (Phi) is 3.48. The largest absolute Gasteiger partial charge is 0.328 e. The second-order valence-corrected chi connectivity index (χ2v) is 6.47. The fourth-order valence-electron chi connectivity index (χ4n) is 3.22. The number of allylic oxidation sites excluding steroid dienone is 2. The maximum absolute atomic E-state index is 12.6. The van der Waals surface area contributed by atoms with Crippen LogP contribution in [0.4, 0.5) is 5.95 Å². The van der Waals surface area contributed by atoms with E-state index in [0.717, 1.165) is 36.2 Å². The van der Waals surface area contributed by atoms with Gasteiger partial charge in [-0.05, 0) is 26.0 Å². The monoisotopic (exact) mass is 330 g/mol. The van der Waals surface area contributed by atoms with Crippen LogP contribution in [0.3, 0.4) is 0 Å². The molecule has 2 aliphatic rings. The second kappa shape index (κ2) is 5.52. The van der Waals surface area contributed by atoms with Gasteiger partial charge < -0.3 is 5.32 Å². The second-order valence-electron chi connectivity index (χ2n) is 5.69. The Labute approximate surface area is 138 Å². The number of hydrogen-bond acceptors (Lipinski definition) is 6. The van der Waals surface area contributed by atoms with Crippen molar-refractivity contribution in [3.63, 3.8) is 0 Å². The molecule has 1 N–H and O–H groups in total. The van der Waals surface area contributed by atoms with Crippen molar-refractivity contribution in [3.8, 4) is 0 Å². The summed E-state index contributed by atoms with van der Waals surface area (Å²) in [6.07, 6.45) is 8.13. The van der Waals surface area contributed by atoms with E-state index < -0.39 is 0 Å². The van der Waals surface area contributed by atoms with Crippen molar-refractivity contribution >= 4 is 23.5 Å². The average Bonchev–Trinajstić information content (AvgIpc) is 3.19. The first-order chi connectivity index (χ1) is 11.2. The van der Waals surface area contributed by atoms with Gasteiger partial charge in [0.1, 0.15) is 6.04 Å². The number of aryl methyl sites for hydroxylation is 1. The minimum Gasteiger partial charge on any atom is -0.328 e. The third-order valence-corrected chi connectivity index (χ3v) is 4.86. The number of carbonyl (C=O) groups excluding carboxylic acids is 1. The van der Waals surface area contributed by atoms with Gasteiger partial charge in [0.2, 0.25) is 11.1 Å². The molecule has 1 aliphatic carbocycles. The van der Waals surface area contributed by atoms with Crippen LogP contribution in [-0.4, -0.2) is 36.6 Å². The highest BCUT2D eigenvalue weighted by Gasteiger charge is 2.37. The van der Waals surface area contributed by atoms with Crippen LogP contribution in [0.25, 0.3) is 0 Å². The lowest BCUT2D eigenvalue weighted by Gasteiger charge is -2.31. The zero-order valence-corrected chi connectivity index (χ0v) is 13.9. The van der Waals surface area contributed by atoms with Gasteiger partial charge in [-0.15, -0.1) is 5.10 Å². The minimum atomic E-state index is -0.234. The molecule has 3 heterocycles. The standard InChI is InChI=1S/C15H18N6OS/c1-3-20-8-9(7-16-20)13-12-10(5-4-6-11(12)22)17-14-18-15(23-2)19-21(13)14/h7-8,13H,3-6H2,1-2H3,(H,17,18,19). The Morgan fingerprint density at radius 3 is 3.04 bits per heavy atom. The Morgan fingerprint density at radius 2 is 2.30 bits per heavy atom. The van der Waals surface area contributed by atoms with Gasteiger partial charge in [0, 0.05) is 36.0 Å². The summed E-state index contributed by atoms with van der Waals surface area (Å²) in [7, 11) is 0. The lowest BCUT2D eigenvalue weighted by molar-refractivity contribution is -0.116. The predicted molar refractivity (Wildman–Crippen MR) is 87.3 cm³/mol. The van der Waals surface area contributed by atoms with E-state index in [1.54, 1.807) is 0 Å². The van der Waals surface area contributed by atoms with E-state index in [4.69, 9.17) is 0 Å². The van der Waals surface area contributed by atoms with Crippen molar-refractivity contribution < 1.29 is 4.79 Å². The molecule has 2 aromatic rings. The third-order valence-electron chi connectivity index (χ3n) is 4.32. The van der Waals surface area contributed by atoms with Gasteiger partial charge >= 0.3 is 0 Å². The molecule has 120 valence electrons. The van der Waals surface area contributed by atoms with E-state index in [0.29, 0.717) is 17.5 Å². The molecular formula is C15H18N6OS. The quantitative estimate of drug-likeness (QED) is 0.870. The number of thioether (sulfide) groups is 1. The van der Waals surface area contributed by atoms with Gasteiger partial charge in [-0.3, -0.25) is 9.48 Å². The summed E-state index contributed by atoms with van der Waals surface area (Å²) in [5.74, 6) is 0.900. The average molecular weight is 330 g/mol. The summed E-state index contributed by atoms with van der Waals surface area (Å²) in [4.78, 5) is 17.1. The summed E-state index contributed by atoms with van der Waals surface area (Å²) in [5, 5.41) is 13.0. The molecule has 1 unspecified atom stereocenters. The third kappa shape index (κ3) is 2.28. The van der Waals surface area contributed by atoms with Crippen molar-refractivity contribution in [2.24, 2.45) is 0 Å². The maximum Gasteiger partial charge on any atom is 0.227 e. The molecule has 0 radical (unpaired) electrons. The van der Waals surface area contributed by atoms with Gasteiger partial charge in [0.05, 0.1) is 6.20 Å². The van der Waals surface area contributed by atoms with Crippen molar-refractivity contribution in [2.75, 3.05) is 11.6 Å². The number of nitrogens with zero attached hydrogens (tertiary/aromatic N) is 5. The Hall–Kier alpha value is -2.09. The smallest absolute Gasteiger partial charge is 0.227 e. The fourth-order valence-corrected chi connectivity index (χ4v) is 3.57. The number of ketones is 1. The molecule has 7 nitrogen and oxygen atoms in total. The number of hydrogen-bond donors (Lipinski definition) is 1. The molecule has 0 aromatic carbocycles. The van der Waals surface area contributed by atoms with Gasteiger partial charge in [-0.2, -0.15) is 10.1 Å². The molecule has 0 saturated carbocycles. The summed E-state index contributed by atoms with van der Waals surface area (Å²) < 4.78 is 3.70. The normalized spacial score (nSPS) is 20.3. The van der Waals surface area contributed by atoms with E-state index >= 15 is 0 Å². The molecule has 0 amide bonds. The minimum absolute atomic E-state index is 0.194. The molecule has 0 bridgehead atoms. The fraction of sp³-hybridized carbons (Fsp3) is 0.467. The van der Waals surface area contributed by atoms with Gasteiger partial charge in [0.25, 0.3) is 0 Å². The van der Waals surface area contributed by atoms with Crippen LogP contribution in [0.2, 0.25) is 0 Å². The van der Waals surface area contributed by atoms with E-state index in [1.165, 1.54) is 11.8 Å². The van der Waals surface area contributed by atoms with Crippen LogP contribution < -0.4 is 5.32 Å². The molecule has 23 heavy (non-hydrogen) atoms. The first-order valence-corrected chi connectivity index (χ1v) is 9.00. The van der Waals surface area contributed by atoms with E-state index in [-0.39, 0.29) is 11.8 Å². The van der Waals surface area contributed by atoms with Crippen LogP contribution in [0.5, 0.6) is 0 Å². The lowest BCUT2D eigenvalue weighted by Crippen LogP contribution is -2.31. The Balaban J connectivity index is 1.88. The van der Waals surface area contributed by atoms with Gasteiger partial charge in [-0.1, -0.05) is 11.8 Å². The molecule has 0 spiro atoms. The Morgan fingerprint density at radius 1 is 1.43 bits per heavy atom. The summed E-state index contributed by atoms with van der Waals surface area (Å²) in [6.45, 7) is 2.84. The summed E-state index contributed by atoms with van der Waals surface area (Å²) in [6, 6.07) is -0.234. The number of fused-ring (bicyclic) bond motifs is 1. The highest BCUT2D eigenvalue weighted by Crippen LogP contribution is 2.40. The molecular weight excluding hydrogens is 312 g/mol. The van der Waals surface area contributed by atoms with Crippen molar-refractivity contribution in [1.29, 1.82) is 0 Å². The highest BCUT2D eigenvalue weighted by atomic mass is 32.2. The number of carbonyl (C=O) groups is 1. The molecule has 1 aliphatic heterocycles. The van der Waals surface area contributed by atoms with Gasteiger partial charge in [-0.25, -0.2) is 4.68 Å². The zero-order valence-electron chi connectivity index (χ0n) is 13.1. The predicted octanol–water partition coefficient (Wildman–Crippen LogP) is 2.24. The van der Waals surface area contributed by atoms with Crippen LogP contribution in [-0.2, 0) is 11.3 Å². The number of aromatic nitrogens is 5. The zero-order chi connectivity index (χ0) is 16.0. The molecule has 4 rings (SSSR count). The van der Waals surface area contributed by atoms with Crippen molar-refractivity contribution in [1.82, 2.24) is 24.5 Å². The summed E-state index contributed by atoms with van der Waals surface area (Å²) >= 11 is 1.50. The van der Waals surface area contributed by atoms with Crippen LogP contribution in [0, 0.1) is 0 Å². The van der Waals surface area contributed by atoms with E-state index in [1.807, 2.05) is 34.9 Å². The Bertz CT molecular complexity index is 805. The molecule has 2 aromatic heterocycles. The van der Waals surface area contributed by atoms with E-state index in [2.05, 4.69) is 20.5 Å². The van der Waals surface area contributed by atoms with Crippen LogP contribution >= 0.6 is 11.8 Å². The molecule has 0 fully saturated rings. The number of Topliss-reactive ketones (excluding diaryl/α,β-unsaturated/α-hetero) is 1. The van der Waals surface area contributed by atoms with Gasteiger partial charge in [0.15, 0.2) is 5.78 Å². The maximum atomic E-state index is 12.6.